The third-order valence-electron chi connectivity index (χ3n) is 1.63. The van der Waals surface area contributed by atoms with Crippen LogP contribution in [-0.4, -0.2) is 6.29 Å². The molecule has 0 heterocycles. The van der Waals surface area contributed by atoms with Gasteiger partial charge in [-0.25, -0.2) is 0 Å². The zero-order valence-electron chi connectivity index (χ0n) is 7.92. The van der Waals surface area contributed by atoms with Crippen molar-refractivity contribution in [2.24, 2.45) is 11.8 Å². The Morgan fingerprint density at radius 2 is 1.82 bits per heavy atom. The Morgan fingerprint density at radius 1 is 1.27 bits per heavy atom. The van der Waals surface area contributed by atoms with Crippen molar-refractivity contribution in [1.29, 1.82) is 0 Å². The van der Waals surface area contributed by atoms with Crippen LogP contribution < -0.4 is 0 Å². The highest BCUT2D eigenvalue weighted by Gasteiger charge is 2.00. The molecule has 0 bridgehead atoms. The van der Waals surface area contributed by atoms with Gasteiger partial charge in [-0.3, -0.25) is 4.79 Å². The van der Waals surface area contributed by atoms with Gasteiger partial charge in [0.15, 0.2) is 0 Å². The molecule has 0 aromatic rings. The predicted molar refractivity (Wildman–Crippen MR) is 48.4 cm³/mol. The van der Waals surface area contributed by atoms with Gasteiger partial charge < -0.3 is 0 Å². The Hall–Kier alpha value is -0.590. The van der Waals surface area contributed by atoms with Crippen molar-refractivity contribution in [3.63, 3.8) is 0 Å². The van der Waals surface area contributed by atoms with Crippen molar-refractivity contribution in [1.82, 2.24) is 0 Å². The van der Waals surface area contributed by atoms with Gasteiger partial charge in [-0.1, -0.05) is 33.8 Å². The fraction of sp³-hybridized carbons (Fsp3) is 0.700. The van der Waals surface area contributed by atoms with E-state index in [2.05, 4.69) is 13.8 Å². The molecule has 64 valence electrons. The lowest BCUT2D eigenvalue weighted by Crippen LogP contribution is -1.96. The maximum Gasteiger partial charge on any atom is 0.145 e. The van der Waals surface area contributed by atoms with Gasteiger partial charge in [0.1, 0.15) is 6.29 Å². The van der Waals surface area contributed by atoms with E-state index in [0.29, 0.717) is 11.8 Å². The van der Waals surface area contributed by atoms with Gasteiger partial charge in [0.2, 0.25) is 0 Å². The molecule has 0 radical (unpaired) electrons. The molecule has 0 atom stereocenters. The molecule has 0 fully saturated rings. The van der Waals surface area contributed by atoms with Crippen LogP contribution in [0.1, 0.15) is 34.1 Å². The van der Waals surface area contributed by atoms with E-state index in [1.807, 2.05) is 19.9 Å². The van der Waals surface area contributed by atoms with Crippen LogP contribution in [0.25, 0.3) is 0 Å². The standard InChI is InChI=1S/C10H18O/c1-8(2)5-6-10(7-11)9(3)4/h6-9H,5H2,1-4H3/b10-6+. The Balaban J connectivity index is 4.01. The van der Waals surface area contributed by atoms with Gasteiger partial charge in [0.05, 0.1) is 0 Å². The van der Waals surface area contributed by atoms with Gasteiger partial charge in [-0.05, 0) is 23.8 Å². The Kier molecular flexibility index (Phi) is 4.84. The molecule has 1 nitrogen and oxygen atoms in total. The second-order valence-electron chi connectivity index (χ2n) is 3.61. The summed E-state index contributed by atoms with van der Waals surface area (Å²) in [7, 11) is 0. The van der Waals surface area contributed by atoms with Gasteiger partial charge in [0, 0.05) is 0 Å². The number of hydrogen-bond donors (Lipinski definition) is 0. The summed E-state index contributed by atoms with van der Waals surface area (Å²) in [4.78, 5) is 10.5. The number of rotatable bonds is 4. The van der Waals surface area contributed by atoms with Crippen LogP contribution >= 0.6 is 0 Å². The largest absolute Gasteiger partial charge is 0.298 e. The number of carbonyl (C=O) groups excluding carboxylic acids is 1. The highest BCUT2D eigenvalue weighted by molar-refractivity contribution is 5.73. The smallest absolute Gasteiger partial charge is 0.145 e. The van der Waals surface area contributed by atoms with Crippen LogP contribution in [0.2, 0.25) is 0 Å². The van der Waals surface area contributed by atoms with Gasteiger partial charge >= 0.3 is 0 Å². The van der Waals surface area contributed by atoms with Crippen LogP contribution in [0.3, 0.4) is 0 Å². The third-order valence-corrected chi connectivity index (χ3v) is 1.63. The first kappa shape index (κ1) is 10.4. The van der Waals surface area contributed by atoms with Crippen molar-refractivity contribution in [3.05, 3.63) is 11.6 Å². The maximum atomic E-state index is 10.5. The second-order valence-corrected chi connectivity index (χ2v) is 3.61. The summed E-state index contributed by atoms with van der Waals surface area (Å²) < 4.78 is 0. The minimum atomic E-state index is 0.367. The van der Waals surface area contributed by atoms with Crippen LogP contribution in [0.4, 0.5) is 0 Å². The maximum absolute atomic E-state index is 10.5. The number of allylic oxidation sites excluding steroid dienone is 2. The normalized spacial score (nSPS) is 12.7. The van der Waals surface area contributed by atoms with E-state index in [1.165, 1.54) is 0 Å². The van der Waals surface area contributed by atoms with E-state index < -0.39 is 0 Å². The minimum Gasteiger partial charge on any atom is -0.298 e. The minimum absolute atomic E-state index is 0.367. The highest BCUT2D eigenvalue weighted by atomic mass is 16.1. The molecular formula is C10H18O. The third kappa shape index (κ3) is 4.77. The van der Waals surface area contributed by atoms with E-state index >= 15 is 0 Å². The van der Waals surface area contributed by atoms with Crippen molar-refractivity contribution in [2.45, 2.75) is 34.1 Å². The van der Waals surface area contributed by atoms with Crippen LogP contribution in [0, 0.1) is 11.8 Å². The fourth-order valence-corrected chi connectivity index (χ4v) is 0.792. The number of aldehydes is 1. The molecule has 0 unspecified atom stereocenters. The summed E-state index contributed by atoms with van der Waals surface area (Å²) >= 11 is 0. The average Bonchev–Trinajstić information content (AvgIpc) is 1.87. The van der Waals surface area contributed by atoms with Gasteiger partial charge in [-0.15, -0.1) is 0 Å². The molecule has 0 aliphatic rings. The van der Waals surface area contributed by atoms with E-state index in [4.69, 9.17) is 0 Å². The average molecular weight is 154 g/mol. The second kappa shape index (κ2) is 5.11. The van der Waals surface area contributed by atoms with Crippen molar-refractivity contribution in [3.8, 4) is 0 Å². The zero-order chi connectivity index (χ0) is 8.85. The SMILES string of the molecule is CC(C)C/C=C(\C=O)C(C)C. The van der Waals surface area contributed by atoms with E-state index in [1.54, 1.807) is 0 Å². The summed E-state index contributed by atoms with van der Waals surface area (Å²) in [6.07, 6.45) is 4.02. The van der Waals surface area contributed by atoms with Crippen molar-refractivity contribution < 1.29 is 4.79 Å². The topological polar surface area (TPSA) is 17.1 Å². The molecule has 0 aliphatic carbocycles. The quantitative estimate of drug-likeness (QED) is 0.449. The molecule has 0 spiro atoms. The molecule has 0 N–H and O–H groups in total. The summed E-state index contributed by atoms with van der Waals surface area (Å²) in [5.41, 5.74) is 0.929. The first-order valence-electron chi connectivity index (χ1n) is 4.23. The molecule has 0 saturated carbocycles. The Morgan fingerprint density at radius 3 is 2.09 bits per heavy atom. The van der Waals surface area contributed by atoms with E-state index in [9.17, 15) is 4.79 Å². The molecule has 0 rings (SSSR count). The van der Waals surface area contributed by atoms with E-state index in [0.717, 1.165) is 18.3 Å². The lowest BCUT2D eigenvalue weighted by molar-refractivity contribution is -0.105. The molecule has 0 saturated heterocycles. The molecule has 11 heavy (non-hydrogen) atoms. The zero-order valence-corrected chi connectivity index (χ0v) is 7.92. The molecule has 0 aliphatic heterocycles. The number of hydrogen-bond acceptors (Lipinski definition) is 1. The summed E-state index contributed by atoms with van der Waals surface area (Å²) in [6.45, 7) is 8.39. The van der Waals surface area contributed by atoms with Crippen molar-refractivity contribution in [2.75, 3.05) is 0 Å². The lowest BCUT2D eigenvalue weighted by atomic mass is 10.0. The highest BCUT2D eigenvalue weighted by Crippen LogP contribution is 2.10. The van der Waals surface area contributed by atoms with Gasteiger partial charge in [-0.2, -0.15) is 0 Å². The first-order valence-corrected chi connectivity index (χ1v) is 4.23. The van der Waals surface area contributed by atoms with Crippen LogP contribution in [0.5, 0.6) is 0 Å². The lowest BCUT2D eigenvalue weighted by Gasteiger charge is -2.04. The molecule has 0 amide bonds. The van der Waals surface area contributed by atoms with E-state index in [-0.39, 0.29) is 0 Å². The van der Waals surface area contributed by atoms with Gasteiger partial charge in [0.25, 0.3) is 0 Å². The monoisotopic (exact) mass is 154 g/mol. The first-order chi connectivity index (χ1) is 5.07. The predicted octanol–water partition coefficient (Wildman–Crippen LogP) is 2.81. The Bertz CT molecular complexity index is 143. The number of carbonyl (C=O) groups is 1. The summed E-state index contributed by atoms with van der Waals surface area (Å²) in [6, 6.07) is 0. The fourth-order valence-electron chi connectivity index (χ4n) is 0.792. The molecule has 0 aromatic heterocycles. The summed E-state index contributed by atoms with van der Waals surface area (Å²) in [5, 5.41) is 0. The summed E-state index contributed by atoms with van der Waals surface area (Å²) in [5.74, 6) is 1.01. The molecule has 1 heteroatoms. The molecule has 0 aromatic carbocycles. The molecular weight excluding hydrogens is 136 g/mol. The van der Waals surface area contributed by atoms with Crippen LogP contribution in [0.15, 0.2) is 11.6 Å². The Labute approximate surface area is 69.5 Å². The van der Waals surface area contributed by atoms with Crippen molar-refractivity contribution >= 4 is 6.29 Å². The van der Waals surface area contributed by atoms with Crippen LogP contribution in [-0.2, 0) is 4.79 Å².